The molecule has 10 heteroatoms. The Labute approximate surface area is 210 Å². The van der Waals surface area contributed by atoms with E-state index >= 15 is 0 Å². The van der Waals surface area contributed by atoms with Gasteiger partial charge in [0.25, 0.3) is 17.7 Å². The largest absolute Gasteiger partial charge is 0.346 e. The highest BCUT2D eigenvalue weighted by Gasteiger charge is 2.26. The van der Waals surface area contributed by atoms with Crippen molar-refractivity contribution >= 4 is 51.1 Å². The van der Waals surface area contributed by atoms with E-state index in [-0.39, 0.29) is 23.5 Å². The van der Waals surface area contributed by atoms with Crippen molar-refractivity contribution in [2.24, 2.45) is 0 Å². The lowest BCUT2D eigenvalue weighted by molar-refractivity contribution is 0.0736. The number of halogens is 2. The second kappa shape index (κ2) is 10.8. The fraction of sp³-hybridized carbons (Fsp3) is 0.250. The minimum Gasteiger partial charge on any atom is -0.346 e. The first-order valence-corrected chi connectivity index (χ1v) is 12.1. The molecule has 1 atom stereocenters. The summed E-state index contributed by atoms with van der Waals surface area (Å²) in [5.74, 6) is -0.634. The number of aromatic nitrogens is 2. The van der Waals surface area contributed by atoms with Gasteiger partial charge in [-0.05, 0) is 59.5 Å². The predicted molar refractivity (Wildman–Crippen MR) is 133 cm³/mol. The van der Waals surface area contributed by atoms with Gasteiger partial charge >= 0.3 is 0 Å². The average Bonchev–Trinajstić information content (AvgIpc) is 3.04. The van der Waals surface area contributed by atoms with Crippen molar-refractivity contribution in [2.45, 2.75) is 25.3 Å². The van der Waals surface area contributed by atoms with Crippen LogP contribution in [-0.2, 0) is 0 Å². The summed E-state index contributed by atoms with van der Waals surface area (Å²) in [4.78, 5) is 40.2. The number of nitrogens with zero attached hydrogens (tertiary/aromatic N) is 2. The quantitative estimate of drug-likeness (QED) is 0.439. The summed E-state index contributed by atoms with van der Waals surface area (Å²) in [6, 6.07) is 15.6. The van der Waals surface area contributed by atoms with Crippen LogP contribution in [0.15, 0.2) is 59.1 Å². The highest BCUT2D eigenvalue weighted by Crippen LogP contribution is 2.26. The Morgan fingerprint density at radius 3 is 2.53 bits per heavy atom. The summed E-state index contributed by atoms with van der Waals surface area (Å²) in [5.41, 5.74) is 1.04. The molecule has 0 saturated carbocycles. The van der Waals surface area contributed by atoms with E-state index in [1.54, 1.807) is 41.3 Å². The fourth-order valence-corrected chi connectivity index (χ4v) is 4.53. The Kier molecular flexibility index (Phi) is 7.64. The van der Waals surface area contributed by atoms with Crippen LogP contribution < -0.4 is 10.6 Å². The Hall–Kier alpha value is -3.17. The third-order valence-electron chi connectivity index (χ3n) is 5.59. The first-order chi connectivity index (χ1) is 16.4. The molecule has 1 saturated heterocycles. The number of H-pyrrole nitrogens is 1. The van der Waals surface area contributed by atoms with Crippen LogP contribution in [0.2, 0.25) is 5.02 Å². The zero-order valence-electron chi connectivity index (χ0n) is 18.2. The van der Waals surface area contributed by atoms with E-state index in [2.05, 4.69) is 36.8 Å². The number of nitrogens with one attached hydrogen (secondary N) is 3. The molecule has 1 aromatic heterocycles. The summed E-state index contributed by atoms with van der Waals surface area (Å²) in [7, 11) is 0. The molecule has 3 aromatic rings. The Balaban J connectivity index is 1.42. The zero-order chi connectivity index (χ0) is 24.1. The van der Waals surface area contributed by atoms with E-state index in [4.69, 9.17) is 11.6 Å². The molecular weight excluding hydrogens is 522 g/mol. The summed E-state index contributed by atoms with van der Waals surface area (Å²) in [6.07, 6.45) is 2.52. The van der Waals surface area contributed by atoms with Gasteiger partial charge in [0.2, 0.25) is 0 Å². The van der Waals surface area contributed by atoms with Crippen LogP contribution >= 0.6 is 27.5 Å². The minimum atomic E-state index is -0.430. The van der Waals surface area contributed by atoms with Crippen LogP contribution in [0.4, 0.5) is 5.82 Å². The summed E-state index contributed by atoms with van der Waals surface area (Å²) in [6.45, 7) is 1.06. The lowest BCUT2D eigenvalue weighted by Gasteiger charge is -2.25. The molecule has 176 valence electrons. The lowest BCUT2D eigenvalue weighted by Crippen LogP contribution is -2.44. The number of aromatic amines is 1. The van der Waals surface area contributed by atoms with E-state index in [9.17, 15) is 14.4 Å². The zero-order valence-corrected chi connectivity index (χ0v) is 20.5. The van der Waals surface area contributed by atoms with E-state index in [1.165, 1.54) is 0 Å². The SMILES string of the molecule is O=C(Nc1[nH]nc(C(=O)N[C@@H]2CCCCN(C(=O)c3ccccc3)C2)c1Br)c1ccccc1Cl. The molecule has 4 rings (SSSR count). The number of benzene rings is 2. The van der Waals surface area contributed by atoms with Crippen LogP contribution in [0.3, 0.4) is 0 Å². The van der Waals surface area contributed by atoms with Crippen LogP contribution in [0, 0.1) is 0 Å². The van der Waals surface area contributed by atoms with Gasteiger partial charge in [0.15, 0.2) is 5.69 Å². The second-order valence-corrected chi connectivity index (χ2v) is 9.18. The van der Waals surface area contributed by atoms with Crippen molar-refractivity contribution in [3.8, 4) is 0 Å². The second-order valence-electron chi connectivity index (χ2n) is 7.98. The maximum Gasteiger partial charge on any atom is 0.273 e. The third kappa shape index (κ3) is 5.48. The standard InChI is InChI=1S/C24H23BrClN5O3/c25-19-20(29-30-21(19)28-22(32)17-11-4-5-12-18(17)26)23(33)27-16-10-6-7-13-31(14-16)24(34)15-8-2-1-3-9-15/h1-5,8-9,11-12,16H,6-7,10,13-14H2,(H,27,33)(H2,28,29,30,32)/t16-/m1/s1. The number of hydrogen-bond acceptors (Lipinski definition) is 4. The number of carbonyl (C=O) groups is 3. The molecule has 3 amide bonds. The van der Waals surface area contributed by atoms with Gasteiger partial charge in [-0.2, -0.15) is 5.10 Å². The number of hydrogen-bond donors (Lipinski definition) is 3. The predicted octanol–water partition coefficient (Wildman–Crippen LogP) is 4.50. The highest BCUT2D eigenvalue weighted by atomic mass is 79.9. The van der Waals surface area contributed by atoms with Gasteiger partial charge < -0.3 is 15.5 Å². The van der Waals surface area contributed by atoms with Gasteiger partial charge in [0.1, 0.15) is 5.82 Å². The molecule has 2 heterocycles. The maximum atomic E-state index is 13.0. The van der Waals surface area contributed by atoms with Crippen molar-refractivity contribution in [3.05, 3.63) is 80.9 Å². The fourth-order valence-electron chi connectivity index (χ4n) is 3.85. The molecule has 0 aliphatic carbocycles. The van der Waals surface area contributed by atoms with Crippen LogP contribution in [-0.4, -0.2) is 52.0 Å². The van der Waals surface area contributed by atoms with Gasteiger partial charge in [-0.15, -0.1) is 0 Å². The molecule has 2 aromatic carbocycles. The van der Waals surface area contributed by atoms with Crippen LogP contribution in [0.25, 0.3) is 0 Å². The first-order valence-electron chi connectivity index (χ1n) is 10.9. The molecule has 0 bridgehead atoms. The maximum absolute atomic E-state index is 13.0. The van der Waals surface area contributed by atoms with Gasteiger partial charge in [-0.1, -0.05) is 41.9 Å². The molecule has 1 aliphatic rings. The van der Waals surface area contributed by atoms with Crippen molar-refractivity contribution < 1.29 is 14.4 Å². The highest BCUT2D eigenvalue weighted by molar-refractivity contribution is 9.10. The topological polar surface area (TPSA) is 107 Å². The Bertz CT molecular complexity index is 1200. The smallest absolute Gasteiger partial charge is 0.273 e. The summed E-state index contributed by atoms with van der Waals surface area (Å²) in [5, 5.41) is 12.7. The molecule has 8 nitrogen and oxygen atoms in total. The molecule has 3 N–H and O–H groups in total. The van der Waals surface area contributed by atoms with E-state index < -0.39 is 11.8 Å². The normalized spacial score (nSPS) is 15.9. The molecule has 0 radical (unpaired) electrons. The number of rotatable bonds is 5. The Morgan fingerprint density at radius 2 is 1.76 bits per heavy atom. The first kappa shape index (κ1) is 24.0. The van der Waals surface area contributed by atoms with Crippen molar-refractivity contribution in [1.82, 2.24) is 20.4 Å². The van der Waals surface area contributed by atoms with Gasteiger partial charge in [-0.25, -0.2) is 0 Å². The molecule has 0 spiro atoms. The van der Waals surface area contributed by atoms with E-state index in [0.29, 0.717) is 33.7 Å². The van der Waals surface area contributed by atoms with Gasteiger partial charge in [-0.3, -0.25) is 19.5 Å². The molecule has 1 aliphatic heterocycles. The van der Waals surface area contributed by atoms with Crippen LogP contribution in [0.1, 0.15) is 50.5 Å². The van der Waals surface area contributed by atoms with Crippen molar-refractivity contribution in [2.75, 3.05) is 18.4 Å². The minimum absolute atomic E-state index is 0.0488. The van der Waals surface area contributed by atoms with Gasteiger partial charge in [0, 0.05) is 24.7 Å². The summed E-state index contributed by atoms with van der Waals surface area (Å²) >= 11 is 9.44. The van der Waals surface area contributed by atoms with Gasteiger partial charge in [0.05, 0.1) is 15.1 Å². The number of anilines is 1. The third-order valence-corrected chi connectivity index (χ3v) is 6.70. The monoisotopic (exact) mass is 543 g/mol. The number of carbonyl (C=O) groups excluding carboxylic acids is 3. The average molecular weight is 545 g/mol. The molecule has 34 heavy (non-hydrogen) atoms. The number of amides is 3. The molecule has 1 fully saturated rings. The van der Waals surface area contributed by atoms with Crippen molar-refractivity contribution in [3.63, 3.8) is 0 Å². The van der Waals surface area contributed by atoms with E-state index in [0.717, 1.165) is 19.3 Å². The lowest BCUT2D eigenvalue weighted by atomic mass is 10.1. The van der Waals surface area contributed by atoms with Crippen LogP contribution in [0.5, 0.6) is 0 Å². The molecule has 0 unspecified atom stereocenters. The Morgan fingerprint density at radius 1 is 1.03 bits per heavy atom. The number of likely N-dealkylation sites (tertiary alicyclic amines) is 1. The van der Waals surface area contributed by atoms with Crippen molar-refractivity contribution in [1.29, 1.82) is 0 Å². The summed E-state index contributed by atoms with van der Waals surface area (Å²) < 4.78 is 0.330. The van der Waals surface area contributed by atoms with E-state index in [1.807, 2.05) is 18.2 Å². The molecular formula is C24H23BrClN5O3.